The van der Waals surface area contributed by atoms with Crippen LogP contribution in [0.3, 0.4) is 0 Å². The fourth-order valence-corrected chi connectivity index (χ4v) is 3.61. The molecular formula is C15H20N2O2. The maximum absolute atomic E-state index is 12.6. The summed E-state index contributed by atoms with van der Waals surface area (Å²) in [5.74, 6) is 0.266. The first-order chi connectivity index (χ1) is 9.04. The van der Waals surface area contributed by atoms with Gasteiger partial charge < -0.3 is 15.3 Å². The van der Waals surface area contributed by atoms with Crippen molar-refractivity contribution in [3.63, 3.8) is 0 Å². The molecule has 1 heterocycles. The summed E-state index contributed by atoms with van der Waals surface area (Å²) in [6.07, 6.45) is 4.03. The van der Waals surface area contributed by atoms with Crippen molar-refractivity contribution in [2.45, 2.75) is 51.1 Å². The van der Waals surface area contributed by atoms with Crippen LogP contribution in [0.1, 0.15) is 39.5 Å². The van der Waals surface area contributed by atoms with E-state index in [0.29, 0.717) is 0 Å². The molecular weight excluding hydrogens is 240 g/mol. The third-order valence-corrected chi connectivity index (χ3v) is 4.32. The molecule has 3 rings (SSSR count). The lowest BCUT2D eigenvalue weighted by molar-refractivity contribution is -0.121. The predicted octanol–water partition coefficient (Wildman–Crippen LogP) is 2.87. The second kappa shape index (κ2) is 4.15. The van der Waals surface area contributed by atoms with E-state index in [1.807, 2.05) is 6.07 Å². The van der Waals surface area contributed by atoms with Gasteiger partial charge in [0.2, 0.25) is 5.91 Å². The van der Waals surface area contributed by atoms with Gasteiger partial charge in [-0.3, -0.25) is 4.79 Å². The van der Waals surface area contributed by atoms with E-state index >= 15 is 0 Å². The quantitative estimate of drug-likeness (QED) is 0.816. The highest BCUT2D eigenvalue weighted by atomic mass is 16.3. The lowest BCUT2D eigenvalue weighted by atomic mass is 9.88. The molecule has 1 amide bonds. The number of fused-ring (bicyclic) bond motifs is 1. The molecule has 1 aromatic rings. The maximum Gasteiger partial charge on any atom is 0.250 e. The molecule has 102 valence electrons. The van der Waals surface area contributed by atoms with Gasteiger partial charge in [0.1, 0.15) is 11.3 Å². The number of nitrogens with one attached hydrogen (secondary N) is 1. The Morgan fingerprint density at radius 3 is 2.63 bits per heavy atom. The summed E-state index contributed by atoms with van der Waals surface area (Å²) in [5, 5.41) is 12.6. The highest BCUT2D eigenvalue weighted by molar-refractivity contribution is 6.07. The Labute approximate surface area is 113 Å². The van der Waals surface area contributed by atoms with E-state index in [1.165, 1.54) is 0 Å². The zero-order chi connectivity index (χ0) is 13.6. The van der Waals surface area contributed by atoms with E-state index in [1.54, 1.807) is 12.1 Å². The minimum atomic E-state index is -0.391. The number of benzene rings is 1. The van der Waals surface area contributed by atoms with E-state index < -0.39 is 5.54 Å². The molecule has 1 fully saturated rings. The summed E-state index contributed by atoms with van der Waals surface area (Å²) in [5.41, 5.74) is 1.35. The largest absolute Gasteiger partial charge is 0.508 e. The molecule has 1 aromatic carbocycles. The van der Waals surface area contributed by atoms with Crippen molar-refractivity contribution >= 4 is 17.3 Å². The third kappa shape index (κ3) is 1.70. The monoisotopic (exact) mass is 260 g/mol. The van der Waals surface area contributed by atoms with Gasteiger partial charge in [0, 0.05) is 12.1 Å². The molecule has 0 saturated heterocycles. The lowest BCUT2D eigenvalue weighted by Crippen LogP contribution is -2.60. The smallest absolute Gasteiger partial charge is 0.250 e. The SMILES string of the molecule is CC(C)N1c2ccc(O)cc2NC(=O)C12CCCC2. The zero-order valence-electron chi connectivity index (χ0n) is 11.4. The van der Waals surface area contributed by atoms with Gasteiger partial charge in [-0.25, -0.2) is 0 Å². The first-order valence-electron chi connectivity index (χ1n) is 6.98. The van der Waals surface area contributed by atoms with Gasteiger partial charge in [-0.15, -0.1) is 0 Å². The minimum absolute atomic E-state index is 0.0804. The molecule has 4 heteroatoms. The number of hydrogen-bond acceptors (Lipinski definition) is 3. The molecule has 1 aliphatic heterocycles. The van der Waals surface area contributed by atoms with Gasteiger partial charge >= 0.3 is 0 Å². The fourth-order valence-electron chi connectivity index (χ4n) is 3.61. The highest BCUT2D eigenvalue weighted by Gasteiger charge is 2.50. The summed E-state index contributed by atoms with van der Waals surface area (Å²) >= 11 is 0. The number of hydrogen-bond donors (Lipinski definition) is 2. The standard InChI is InChI=1S/C15H20N2O2/c1-10(2)17-13-6-5-11(18)9-12(13)16-14(19)15(17)7-3-4-8-15/h5-6,9-10,18H,3-4,7-8H2,1-2H3,(H,16,19). The van der Waals surface area contributed by atoms with E-state index in [9.17, 15) is 9.90 Å². The van der Waals surface area contributed by atoms with Crippen molar-refractivity contribution in [2.75, 3.05) is 10.2 Å². The van der Waals surface area contributed by atoms with E-state index in [2.05, 4.69) is 24.1 Å². The zero-order valence-corrected chi connectivity index (χ0v) is 11.4. The third-order valence-electron chi connectivity index (χ3n) is 4.32. The number of amides is 1. The van der Waals surface area contributed by atoms with Crippen molar-refractivity contribution in [2.24, 2.45) is 0 Å². The van der Waals surface area contributed by atoms with E-state index in [4.69, 9.17) is 0 Å². The Morgan fingerprint density at radius 1 is 1.32 bits per heavy atom. The molecule has 0 bridgehead atoms. The van der Waals surface area contributed by atoms with Gasteiger partial charge in [-0.1, -0.05) is 12.8 Å². The first-order valence-corrected chi connectivity index (χ1v) is 6.98. The van der Waals surface area contributed by atoms with Crippen LogP contribution in [-0.4, -0.2) is 22.6 Å². The average molecular weight is 260 g/mol. The Balaban J connectivity index is 2.15. The number of anilines is 2. The van der Waals surface area contributed by atoms with Crippen LogP contribution in [0.4, 0.5) is 11.4 Å². The summed E-state index contributed by atoms with van der Waals surface area (Å²) in [6, 6.07) is 5.48. The van der Waals surface area contributed by atoms with Crippen LogP contribution in [0.25, 0.3) is 0 Å². The summed E-state index contributed by atoms with van der Waals surface area (Å²) in [6.45, 7) is 4.24. The van der Waals surface area contributed by atoms with Crippen LogP contribution < -0.4 is 10.2 Å². The van der Waals surface area contributed by atoms with Crippen LogP contribution in [-0.2, 0) is 4.79 Å². The van der Waals surface area contributed by atoms with Crippen LogP contribution in [0, 0.1) is 0 Å². The average Bonchev–Trinajstić information content (AvgIpc) is 2.81. The second-order valence-electron chi connectivity index (χ2n) is 5.86. The van der Waals surface area contributed by atoms with E-state index in [-0.39, 0.29) is 17.7 Å². The molecule has 0 unspecified atom stereocenters. The predicted molar refractivity (Wildman–Crippen MR) is 75.6 cm³/mol. The van der Waals surface area contributed by atoms with Gasteiger partial charge in [-0.05, 0) is 38.8 Å². The first kappa shape index (κ1) is 12.3. The van der Waals surface area contributed by atoms with Gasteiger partial charge in [0.15, 0.2) is 0 Å². The number of aromatic hydroxyl groups is 1. The van der Waals surface area contributed by atoms with Crippen molar-refractivity contribution in [3.05, 3.63) is 18.2 Å². The van der Waals surface area contributed by atoms with Crippen molar-refractivity contribution < 1.29 is 9.90 Å². The molecule has 1 aliphatic carbocycles. The summed E-state index contributed by atoms with van der Waals surface area (Å²) in [4.78, 5) is 14.8. The Kier molecular flexibility index (Phi) is 2.69. The number of carbonyl (C=O) groups excluding carboxylic acids is 1. The summed E-state index contributed by atoms with van der Waals surface area (Å²) < 4.78 is 0. The molecule has 0 aromatic heterocycles. The normalized spacial score (nSPS) is 20.8. The van der Waals surface area contributed by atoms with Crippen molar-refractivity contribution in [1.29, 1.82) is 0 Å². The molecule has 0 atom stereocenters. The molecule has 19 heavy (non-hydrogen) atoms. The molecule has 1 saturated carbocycles. The molecule has 4 nitrogen and oxygen atoms in total. The Hall–Kier alpha value is -1.71. The minimum Gasteiger partial charge on any atom is -0.508 e. The number of phenols is 1. The van der Waals surface area contributed by atoms with Gasteiger partial charge in [-0.2, -0.15) is 0 Å². The highest BCUT2D eigenvalue weighted by Crippen LogP contribution is 2.46. The van der Waals surface area contributed by atoms with Gasteiger partial charge in [0.05, 0.1) is 11.4 Å². The Bertz CT molecular complexity index is 519. The van der Waals surface area contributed by atoms with Gasteiger partial charge in [0.25, 0.3) is 0 Å². The van der Waals surface area contributed by atoms with Crippen LogP contribution in [0.2, 0.25) is 0 Å². The fraction of sp³-hybridized carbons (Fsp3) is 0.533. The van der Waals surface area contributed by atoms with Crippen LogP contribution in [0.5, 0.6) is 5.75 Å². The number of nitrogens with zero attached hydrogens (tertiary/aromatic N) is 1. The molecule has 0 radical (unpaired) electrons. The number of carbonyl (C=O) groups is 1. The second-order valence-corrected chi connectivity index (χ2v) is 5.86. The number of rotatable bonds is 1. The molecule has 1 spiro atoms. The Morgan fingerprint density at radius 2 is 2.00 bits per heavy atom. The van der Waals surface area contributed by atoms with Crippen molar-refractivity contribution in [1.82, 2.24) is 0 Å². The lowest BCUT2D eigenvalue weighted by Gasteiger charge is -2.48. The van der Waals surface area contributed by atoms with Crippen molar-refractivity contribution in [3.8, 4) is 5.75 Å². The van der Waals surface area contributed by atoms with Crippen LogP contribution >= 0.6 is 0 Å². The maximum atomic E-state index is 12.6. The summed E-state index contributed by atoms with van der Waals surface area (Å²) in [7, 11) is 0. The van der Waals surface area contributed by atoms with E-state index in [0.717, 1.165) is 37.1 Å². The van der Waals surface area contributed by atoms with Crippen LogP contribution in [0.15, 0.2) is 18.2 Å². The molecule has 2 N–H and O–H groups in total. The topological polar surface area (TPSA) is 52.6 Å². The number of phenolic OH excluding ortho intramolecular Hbond substituents is 1. The molecule has 2 aliphatic rings.